The summed E-state index contributed by atoms with van der Waals surface area (Å²) >= 11 is 0. The minimum absolute atomic E-state index is 0.0425. The van der Waals surface area contributed by atoms with Crippen LogP contribution in [0.1, 0.15) is 19.3 Å². The van der Waals surface area contributed by atoms with Crippen LogP contribution >= 0.6 is 0 Å². The summed E-state index contributed by atoms with van der Waals surface area (Å²) in [6, 6.07) is 12.5. The zero-order valence-electron chi connectivity index (χ0n) is 14.7. The molecule has 0 radical (unpaired) electrons. The number of carbonyl (C=O) groups excluding carboxylic acids is 3. The highest BCUT2D eigenvalue weighted by Gasteiger charge is 2.63. The molecule has 1 unspecified atom stereocenters. The number of rotatable bonds is 2. The Labute approximate surface area is 156 Å². The van der Waals surface area contributed by atoms with Gasteiger partial charge in [-0.2, -0.15) is 0 Å². The zero-order valence-corrected chi connectivity index (χ0v) is 14.7. The van der Waals surface area contributed by atoms with Crippen LogP contribution < -0.4 is 4.90 Å². The number of anilines is 1. The highest BCUT2D eigenvalue weighted by Crippen LogP contribution is 2.45. The number of benzene rings is 2. The largest absolute Gasteiger partial charge is 0.335 e. The fourth-order valence-corrected chi connectivity index (χ4v) is 5.10. The van der Waals surface area contributed by atoms with Crippen LogP contribution in [0, 0.1) is 5.92 Å². The molecule has 6 nitrogen and oxygen atoms in total. The second-order valence-electron chi connectivity index (χ2n) is 8.03. The predicted molar refractivity (Wildman–Crippen MR) is 99.1 cm³/mol. The third-order valence-corrected chi connectivity index (χ3v) is 6.48. The van der Waals surface area contributed by atoms with E-state index in [1.807, 2.05) is 47.4 Å². The van der Waals surface area contributed by atoms with Gasteiger partial charge in [-0.1, -0.05) is 36.4 Å². The third-order valence-electron chi connectivity index (χ3n) is 6.48. The Bertz CT molecular complexity index is 1010. The quantitative estimate of drug-likeness (QED) is 0.772. The first-order valence-corrected chi connectivity index (χ1v) is 9.59. The molecule has 2 bridgehead atoms. The van der Waals surface area contributed by atoms with Gasteiger partial charge >= 0.3 is 6.03 Å². The molecule has 136 valence electrons. The number of urea groups is 1. The molecule has 6 heteroatoms. The van der Waals surface area contributed by atoms with Crippen LogP contribution in [0.4, 0.5) is 10.5 Å². The van der Waals surface area contributed by atoms with Crippen molar-refractivity contribution in [1.82, 2.24) is 9.80 Å². The summed E-state index contributed by atoms with van der Waals surface area (Å²) in [6.07, 6.45) is 2.64. The number of carbonyl (C=O) groups is 3. The Kier molecular flexibility index (Phi) is 2.86. The van der Waals surface area contributed by atoms with Crippen molar-refractivity contribution >= 4 is 34.3 Å². The van der Waals surface area contributed by atoms with E-state index >= 15 is 0 Å². The van der Waals surface area contributed by atoms with Gasteiger partial charge in [0.15, 0.2) is 0 Å². The summed E-state index contributed by atoms with van der Waals surface area (Å²) in [7, 11) is 0. The lowest BCUT2D eigenvalue weighted by Gasteiger charge is -2.35. The van der Waals surface area contributed by atoms with Crippen LogP contribution in [0.2, 0.25) is 0 Å². The predicted octanol–water partition coefficient (Wildman–Crippen LogP) is 2.37. The lowest BCUT2D eigenvalue weighted by molar-refractivity contribution is -0.136. The average Bonchev–Trinajstić information content (AvgIpc) is 3.28. The molecule has 0 aromatic heterocycles. The van der Waals surface area contributed by atoms with Gasteiger partial charge in [0.2, 0.25) is 5.91 Å². The Morgan fingerprint density at radius 2 is 1.78 bits per heavy atom. The van der Waals surface area contributed by atoms with Crippen molar-refractivity contribution in [3.05, 3.63) is 42.5 Å². The maximum Gasteiger partial charge on any atom is 0.332 e. The number of fused-ring (bicyclic) bond motifs is 6. The zero-order chi connectivity index (χ0) is 18.3. The molecule has 3 aliphatic heterocycles. The Morgan fingerprint density at radius 1 is 1.00 bits per heavy atom. The van der Waals surface area contributed by atoms with Gasteiger partial charge in [-0.15, -0.1) is 0 Å². The molecule has 6 rings (SSSR count). The van der Waals surface area contributed by atoms with Crippen molar-refractivity contribution in [2.45, 2.75) is 37.4 Å². The van der Waals surface area contributed by atoms with E-state index in [0.717, 1.165) is 30.0 Å². The smallest absolute Gasteiger partial charge is 0.332 e. The molecule has 27 heavy (non-hydrogen) atoms. The maximum atomic E-state index is 13.3. The molecule has 2 aromatic carbocycles. The van der Waals surface area contributed by atoms with Crippen molar-refractivity contribution in [3.8, 4) is 0 Å². The van der Waals surface area contributed by atoms with Crippen molar-refractivity contribution in [2.75, 3.05) is 11.4 Å². The molecule has 0 spiro atoms. The standard InChI is InChI=1S/C21H19N3O3/c25-19(13-8-9-13)22-11-14-10-17(22)18-20(26)24(21(27)23(14)18)16-7-3-5-12-4-1-2-6-15(12)16/h1-7,13-14,17-18H,8-11H2/t14-,17?,18+/m1/s1. The van der Waals surface area contributed by atoms with Crippen LogP contribution in [0.3, 0.4) is 0 Å². The van der Waals surface area contributed by atoms with Crippen molar-refractivity contribution in [3.63, 3.8) is 0 Å². The van der Waals surface area contributed by atoms with Gasteiger partial charge in [0.1, 0.15) is 6.04 Å². The summed E-state index contributed by atoms with van der Waals surface area (Å²) in [4.78, 5) is 44.0. The van der Waals surface area contributed by atoms with Gasteiger partial charge in [-0.25, -0.2) is 9.69 Å². The second kappa shape index (κ2) is 5.09. The van der Waals surface area contributed by atoms with E-state index in [1.54, 1.807) is 4.90 Å². The van der Waals surface area contributed by atoms with Gasteiger partial charge in [0.05, 0.1) is 17.8 Å². The summed E-state index contributed by atoms with van der Waals surface area (Å²) in [5.74, 6) is 0.113. The fourth-order valence-electron chi connectivity index (χ4n) is 5.10. The van der Waals surface area contributed by atoms with E-state index in [1.165, 1.54) is 4.90 Å². The monoisotopic (exact) mass is 361 g/mol. The number of likely N-dealkylation sites (tertiary alicyclic amines) is 1. The molecular formula is C21H19N3O3. The van der Waals surface area contributed by atoms with Gasteiger partial charge in [-0.3, -0.25) is 9.59 Å². The van der Waals surface area contributed by atoms with Crippen LogP contribution in [-0.4, -0.2) is 52.3 Å². The van der Waals surface area contributed by atoms with Crippen LogP contribution in [0.15, 0.2) is 42.5 Å². The van der Waals surface area contributed by atoms with Gasteiger partial charge in [0, 0.05) is 17.8 Å². The Hall–Kier alpha value is -2.89. The van der Waals surface area contributed by atoms with Gasteiger partial charge < -0.3 is 9.80 Å². The van der Waals surface area contributed by atoms with Gasteiger partial charge in [0.25, 0.3) is 5.91 Å². The molecule has 4 amide bonds. The van der Waals surface area contributed by atoms with E-state index in [2.05, 4.69) is 0 Å². The van der Waals surface area contributed by atoms with E-state index < -0.39 is 6.04 Å². The number of hydrogen-bond acceptors (Lipinski definition) is 3. The molecule has 1 aliphatic carbocycles. The van der Waals surface area contributed by atoms with Crippen LogP contribution in [0.25, 0.3) is 10.8 Å². The fraction of sp³-hybridized carbons (Fsp3) is 0.381. The third kappa shape index (κ3) is 1.93. The van der Waals surface area contributed by atoms with E-state index in [4.69, 9.17) is 0 Å². The number of piperazine rings is 1. The van der Waals surface area contributed by atoms with E-state index in [-0.39, 0.29) is 35.8 Å². The number of hydrogen-bond donors (Lipinski definition) is 0. The summed E-state index contributed by atoms with van der Waals surface area (Å²) < 4.78 is 0. The molecule has 3 saturated heterocycles. The highest BCUT2D eigenvalue weighted by molar-refractivity contribution is 6.25. The average molecular weight is 361 g/mol. The van der Waals surface area contributed by atoms with Crippen molar-refractivity contribution < 1.29 is 14.4 Å². The minimum atomic E-state index is -0.530. The van der Waals surface area contributed by atoms with Crippen molar-refractivity contribution in [1.29, 1.82) is 0 Å². The SMILES string of the molecule is O=C1[C@@H]2C3C[C@H](CN3C(=O)C3CC3)N2C(=O)N1c1cccc2ccccc12. The van der Waals surface area contributed by atoms with Gasteiger partial charge in [-0.05, 0) is 30.7 Å². The summed E-state index contributed by atoms with van der Waals surface area (Å²) in [5, 5.41) is 1.89. The van der Waals surface area contributed by atoms with Crippen molar-refractivity contribution in [2.24, 2.45) is 5.92 Å². The first-order valence-electron chi connectivity index (χ1n) is 9.59. The van der Waals surface area contributed by atoms with E-state index in [9.17, 15) is 14.4 Å². The molecule has 4 fully saturated rings. The first kappa shape index (κ1) is 15.2. The van der Waals surface area contributed by atoms with E-state index in [0.29, 0.717) is 12.2 Å². The van der Waals surface area contributed by atoms with Crippen LogP contribution in [0.5, 0.6) is 0 Å². The molecule has 2 aromatic rings. The molecule has 3 atom stereocenters. The second-order valence-corrected chi connectivity index (χ2v) is 8.03. The van der Waals surface area contributed by atoms with Crippen LogP contribution in [-0.2, 0) is 9.59 Å². The molecule has 4 aliphatic rings. The number of nitrogens with zero attached hydrogens (tertiary/aromatic N) is 3. The molecule has 3 heterocycles. The Balaban J connectivity index is 1.40. The lowest BCUT2D eigenvalue weighted by Crippen LogP contribution is -2.55. The maximum absolute atomic E-state index is 13.3. The summed E-state index contributed by atoms with van der Waals surface area (Å²) in [6.45, 7) is 0.568. The number of amides is 4. The topological polar surface area (TPSA) is 60.9 Å². The molecular weight excluding hydrogens is 342 g/mol. The minimum Gasteiger partial charge on any atom is -0.335 e. The lowest BCUT2D eigenvalue weighted by atomic mass is 10.1. The molecule has 1 saturated carbocycles. The normalized spacial score (nSPS) is 29.2. The Morgan fingerprint density at radius 3 is 2.59 bits per heavy atom. The highest BCUT2D eigenvalue weighted by atomic mass is 16.2. The molecule has 0 N–H and O–H groups in total. The first-order chi connectivity index (χ1) is 13.1. The number of imide groups is 1. The summed E-state index contributed by atoms with van der Waals surface area (Å²) in [5.41, 5.74) is 0.636.